The summed E-state index contributed by atoms with van der Waals surface area (Å²) in [7, 11) is 0. The minimum absolute atomic E-state index is 0.364. The molecule has 5 nitrogen and oxygen atoms in total. The van der Waals surface area contributed by atoms with Crippen molar-refractivity contribution in [1.82, 2.24) is 24.8 Å². The molecule has 1 saturated heterocycles. The Labute approximate surface area is 154 Å². The lowest BCUT2D eigenvalue weighted by atomic mass is 9.97. The summed E-state index contributed by atoms with van der Waals surface area (Å²) in [4.78, 5) is 20.1. The van der Waals surface area contributed by atoms with Crippen LogP contribution < -0.4 is 0 Å². The summed E-state index contributed by atoms with van der Waals surface area (Å²) in [6.07, 6.45) is 4.28. The molecular formula is C21H27N5. The minimum atomic E-state index is 0.364. The second-order valence-electron chi connectivity index (χ2n) is 7.73. The molecular weight excluding hydrogens is 322 g/mol. The summed E-state index contributed by atoms with van der Waals surface area (Å²) < 4.78 is 0. The number of hydrogen-bond donors (Lipinski definition) is 1. The van der Waals surface area contributed by atoms with Crippen molar-refractivity contribution in [3.63, 3.8) is 0 Å². The van der Waals surface area contributed by atoms with Gasteiger partial charge in [0.05, 0.1) is 16.7 Å². The maximum Gasteiger partial charge on any atom is 0.131 e. The quantitative estimate of drug-likeness (QED) is 0.768. The third kappa shape index (κ3) is 3.49. The second-order valence-corrected chi connectivity index (χ2v) is 7.73. The maximum absolute atomic E-state index is 4.91. The van der Waals surface area contributed by atoms with Gasteiger partial charge in [0.25, 0.3) is 0 Å². The van der Waals surface area contributed by atoms with E-state index < -0.39 is 0 Å². The molecule has 1 atom stereocenters. The fourth-order valence-electron chi connectivity index (χ4n) is 3.82. The van der Waals surface area contributed by atoms with Crippen LogP contribution in [0.25, 0.3) is 11.0 Å². The SMILES string of the molecule is Cc1cccc2[nH]c(C3CCCN(Cc4ccnc(C(C)C)n4)C3)nc12. The molecule has 0 saturated carbocycles. The molecule has 2 aromatic heterocycles. The number of para-hydroxylation sites is 1. The van der Waals surface area contributed by atoms with Gasteiger partial charge in [-0.2, -0.15) is 0 Å². The Hall–Kier alpha value is -2.27. The number of likely N-dealkylation sites (tertiary alicyclic amines) is 1. The zero-order valence-corrected chi connectivity index (χ0v) is 15.9. The number of aromatic amines is 1. The van der Waals surface area contributed by atoms with Gasteiger partial charge in [0.2, 0.25) is 0 Å². The first-order chi connectivity index (χ1) is 12.6. The zero-order valence-electron chi connectivity index (χ0n) is 15.9. The topological polar surface area (TPSA) is 57.7 Å². The van der Waals surface area contributed by atoms with Gasteiger partial charge in [0.1, 0.15) is 11.6 Å². The van der Waals surface area contributed by atoms with Crippen LogP contribution in [0, 0.1) is 6.92 Å². The fourth-order valence-corrected chi connectivity index (χ4v) is 3.82. The molecule has 0 aliphatic carbocycles. The molecule has 1 aliphatic rings. The van der Waals surface area contributed by atoms with Crippen molar-refractivity contribution in [2.45, 2.75) is 52.0 Å². The molecule has 4 rings (SSSR count). The van der Waals surface area contributed by atoms with Gasteiger partial charge in [0.15, 0.2) is 0 Å². The minimum Gasteiger partial charge on any atom is -0.342 e. The lowest BCUT2D eigenvalue weighted by molar-refractivity contribution is 0.195. The van der Waals surface area contributed by atoms with Crippen molar-refractivity contribution < 1.29 is 0 Å². The van der Waals surface area contributed by atoms with Crippen molar-refractivity contribution in [3.05, 3.63) is 53.4 Å². The maximum atomic E-state index is 4.91. The Bertz CT molecular complexity index is 898. The molecule has 136 valence electrons. The summed E-state index contributed by atoms with van der Waals surface area (Å²) in [6.45, 7) is 9.44. The molecule has 1 aromatic carbocycles. The van der Waals surface area contributed by atoms with E-state index in [9.17, 15) is 0 Å². The predicted octanol–water partition coefficient (Wildman–Crippen LogP) is 4.16. The monoisotopic (exact) mass is 349 g/mol. The van der Waals surface area contributed by atoms with Gasteiger partial charge in [-0.1, -0.05) is 26.0 Å². The van der Waals surface area contributed by atoms with Crippen LogP contribution in [-0.4, -0.2) is 37.9 Å². The molecule has 3 aromatic rings. The molecule has 0 amide bonds. The predicted molar refractivity (Wildman–Crippen MR) is 104 cm³/mol. The number of imidazole rings is 1. The van der Waals surface area contributed by atoms with Crippen LogP contribution in [0.1, 0.15) is 61.4 Å². The van der Waals surface area contributed by atoms with Crippen LogP contribution in [0.3, 0.4) is 0 Å². The Morgan fingerprint density at radius 2 is 2.12 bits per heavy atom. The number of nitrogens with zero attached hydrogens (tertiary/aromatic N) is 4. The average Bonchev–Trinajstić information content (AvgIpc) is 3.08. The van der Waals surface area contributed by atoms with E-state index in [0.29, 0.717) is 11.8 Å². The number of piperidine rings is 1. The molecule has 1 unspecified atom stereocenters. The van der Waals surface area contributed by atoms with E-state index in [1.54, 1.807) is 0 Å². The summed E-state index contributed by atoms with van der Waals surface area (Å²) in [6, 6.07) is 8.38. The normalized spacial score (nSPS) is 18.7. The number of aryl methyl sites for hydroxylation is 1. The zero-order chi connectivity index (χ0) is 18.1. The number of fused-ring (bicyclic) bond motifs is 1. The third-order valence-electron chi connectivity index (χ3n) is 5.26. The molecule has 0 bridgehead atoms. The summed E-state index contributed by atoms with van der Waals surface area (Å²) in [5.41, 5.74) is 4.61. The molecule has 1 N–H and O–H groups in total. The van der Waals surface area contributed by atoms with Crippen LogP contribution in [-0.2, 0) is 6.54 Å². The van der Waals surface area contributed by atoms with Gasteiger partial charge in [-0.05, 0) is 44.0 Å². The highest BCUT2D eigenvalue weighted by Gasteiger charge is 2.24. The number of benzene rings is 1. The van der Waals surface area contributed by atoms with Crippen LogP contribution in [0.4, 0.5) is 0 Å². The molecule has 0 spiro atoms. The highest BCUT2D eigenvalue weighted by atomic mass is 15.1. The highest BCUT2D eigenvalue weighted by Crippen LogP contribution is 2.28. The molecule has 3 heterocycles. The molecule has 5 heteroatoms. The Morgan fingerprint density at radius 1 is 1.23 bits per heavy atom. The van der Waals surface area contributed by atoms with E-state index in [1.165, 1.54) is 18.4 Å². The van der Waals surface area contributed by atoms with Gasteiger partial charge < -0.3 is 4.98 Å². The van der Waals surface area contributed by atoms with E-state index in [4.69, 9.17) is 9.97 Å². The second kappa shape index (κ2) is 7.16. The smallest absolute Gasteiger partial charge is 0.131 e. The van der Waals surface area contributed by atoms with Crippen molar-refractivity contribution in [1.29, 1.82) is 0 Å². The lowest BCUT2D eigenvalue weighted by Gasteiger charge is -2.31. The average molecular weight is 349 g/mol. The van der Waals surface area contributed by atoms with Crippen molar-refractivity contribution >= 4 is 11.0 Å². The third-order valence-corrected chi connectivity index (χ3v) is 5.26. The van der Waals surface area contributed by atoms with Gasteiger partial charge in [-0.15, -0.1) is 0 Å². The van der Waals surface area contributed by atoms with Gasteiger partial charge in [-0.3, -0.25) is 4.90 Å². The Balaban J connectivity index is 1.50. The van der Waals surface area contributed by atoms with E-state index in [0.717, 1.165) is 48.0 Å². The van der Waals surface area contributed by atoms with Gasteiger partial charge >= 0.3 is 0 Å². The molecule has 26 heavy (non-hydrogen) atoms. The summed E-state index contributed by atoms with van der Waals surface area (Å²) in [5, 5.41) is 0. The Morgan fingerprint density at radius 3 is 2.92 bits per heavy atom. The van der Waals surface area contributed by atoms with Gasteiger partial charge in [0, 0.05) is 31.1 Å². The van der Waals surface area contributed by atoms with Crippen LogP contribution in [0.2, 0.25) is 0 Å². The number of aromatic nitrogens is 4. The standard InChI is InChI=1S/C21H27N5/c1-14(2)20-22-10-9-17(23-20)13-26-11-5-7-16(12-26)21-24-18-8-4-6-15(3)19(18)25-21/h4,6,8-10,14,16H,5,7,11-13H2,1-3H3,(H,24,25). The number of hydrogen-bond acceptors (Lipinski definition) is 4. The lowest BCUT2D eigenvalue weighted by Crippen LogP contribution is -2.34. The fraction of sp³-hybridized carbons (Fsp3) is 0.476. The first-order valence-electron chi connectivity index (χ1n) is 9.59. The van der Waals surface area contributed by atoms with Crippen molar-refractivity contribution in [2.75, 3.05) is 13.1 Å². The first-order valence-corrected chi connectivity index (χ1v) is 9.59. The molecule has 0 radical (unpaired) electrons. The van der Waals surface area contributed by atoms with Crippen molar-refractivity contribution in [3.8, 4) is 0 Å². The number of rotatable bonds is 4. The van der Waals surface area contributed by atoms with Crippen molar-refractivity contribution in [2.24, 2.45) is 0 Å². The summed E-state index contributed by atoms with van der Waals surface area (Å²) in [5.74, 6) is 2.89. The largest absolute Gasteiger partial charge is 0.342 e. The number of H-pyrrole nitrogens is 1. The summed E-state index contributed by atoms with van der Waals surface area (Å²) >= 11 is 0. The Kier molecular flexibility index (Phi) is 4.72. The highest BCUT2D eigenvalue weighted by molar-refractivity contribution is 5.78. The number of nitrogens with one attached hydrogen (secondary N) is 1. The van der Waals surface area contributed by atoms with Crippen LogP contribution in [0.5, 0.6) is 0 Å². The van der Waals surface area contributed by atoms with Crippen LogP contribution in [0.15, 0.2) is 30.5 Å². The van der Waals surface area contributed by atoms with E-state index in [2.05, 4.69) is 53.8 Å². The van der Waals surface area contributed by atoms with E-state index in [-0.39, 0.29) is 0 Å². The van der Waals surface area contributed by atoms with E-state index in [1.807, 2.05) is 12.3 Å². The first kappa shape index (κ1) is 17.2. The molecule has 1 aliphatic heterocycles. The van der Waals surface area contributed by atoms with Crippen LogP contribution >= 0.6 is 0 Å². The molecule has 1 fully saturated rings. The van der Waals surface area contributed by atoms with E-state index >= 15 is 0 Å². The van der Waals surface area contributed by atoms with Gasteiger partial charge in [-0.25, -0.2) is 15.0 Å².